The molecule has 0 saturated carbocycles. The maximum atomic E-state index is 6.00. The Hall–Kier alpha value is -2.84. The number of ether oxygens (including phenoxy) is 1. The lowest BCUT2D eigenvalue weighted by Gasteiger charge is -2.27. The van der Waals surface area contributed by atoms with Gasteiger partial charge in [0.15, 0.2) is 0 Å². The van der Waals surface area contributed by atoms with Crippen molar-refractivity contribution in [3.8, 4) is 11.8 Å². The van der Waals surface area contributed by atoms with Gasteiger partial charge in [0.1, 0.15) is 23.0 Å². The summed E-state index contributed by atoms with van der Waals surface area (Å²) in [5.41, 5.74) is 1.13. The lowest BCUT2D eigenvalue weighted by Crippen LogP contribution is -2.34. The van der Waals surface area contributed by atoms with E-state index in [-0.39, 0.29) is 6.04 Å². The third kappa shape index (κ3) is 3.04. The summed E-state index contributed by atoms with van der Waals surface area (Å²) in [6.07, 6.45) is 3.68. The van der Waals surface area contributed by atoms with Gasteiger partial charge in [0.25, 0.3) is 0 Å². The number of benzene rings is 1. The second kappa shape index (κ2) is 6.65. The Labute approximate surface area is 170 Å². The van der Waals surface area contributed by atoms with Crippen LogP contribution in [-0.4, -0.2) is 37.3 Å². The molecule has 142 valence electrons. The fourth-order valence-corrected chi connectivity index (χ4v) is 3.75. The minimum absolute atomic E-state index is 0.121. The monoisotopic (exact) mass is 415 g/mol. The van der Waals surface area contributed by atoms with E-state index >= 15 is 0 Å². The molecule has 1 aliphatic carbocycles. The van der Waals surface area contributed by atoms with Crippen molar-refractivity contribution in [3.63, 3.8) is 0 Å². The molecule has 0 spiro atoms. The fourth-order valence-electron chi connectivity index (χ4n) is 3.43. The average molecular weight is 416 g/mol. The number of rotatable bonds is 5. The van der Waals surface area contributed by atoms with E-state index in [1.807, 2.05) is 12.1 Å². The van der Waals surface area contributed by atoms with Gasteiger partial charge < -0.3 is 15.0 Å². The van der Waals surface area contributed by atoms with E-state index in [1.54, 1.807) is 29.9 Å². The second-order valence-electron chi connectivity index (χ2n) is 6.59. The maximum absolute atomic E-state index is 6.00. The Morgan fingerprint density at radius 1 is 1.21 bits per heavy atom. The van der Waals surface area contributed by atoms with E-state index in [1.165, 1.54) is 6.33 Å². The van der Waals surface area contributed by atoms with Crippen molar-refractivity contribution in [1.29, 1.82) is 0 Å². The Morgan fingerprint density at radius 2 is 2.11 bits per heavy atom. The summed E-state index contributed by atoms with van der Waals surface area (Å²) < 4.78 is 7.37. The van der Waals surface area contributed by atoms with E-state index in [0.717, 1.165) is 18.1 Å². The zero-order valence-corrected chi connectivity index (χ0v) is 16.3. The summed E-state index contributed by atoms with van der Waals surface area (Å²) in [5.74, 6) is 2.25. The Balaban J connectivity index is 1.30. The van der Waals surface area contributed by atoms with Crippen LogP contribution in [-0.2, 0) is 7.05 Å². The highest BCUT2D eigenvalue weighted by molar-refractivity contribution is 6.30. The number of halogens is 2. The molecular weight excluding hydrogens is 401 g/mol. The summed E-state index contributed by atoms with van der Waals surface area (Å²) in [5, 5.41) is 8.80. The molecule has 3 aliphatic rings. The number of anilines is 2. The average Bonchev–Trinajstić information content (AvgIpc) is 3.34. The number of fused-ring (bicyclic) bond motifs is 1. The topological polar surface area (TPSA) is 81.0 Å². The van der Waals surface area contributed by atoms with E-state index < -0.39 is 0 Å². The van der Waals surface area contributed by atoms with Gasteiger partial charge in [-0.2, -0.15) is 4.98 Å². The first kappa shape index (κ1) is 17.3. The lowest BCUT2D eigenvalue weighted by molar-refractivity contribution is 0.415. The summed E-state index contributed by atoms with van der Waals surface area (Å²) in [6.45, 7) is 0.832. The largest absolute Gasteiger partial charge is 0.424 e. The molecule has 8 nitrogen and oxygen atoms in total. The van der Waals surface area contributed by atoms with Crippen LogP contribution in [0.4, 0.5) is 11.8 Å². The molecule has 10 heteroatoms. The maximum Gasteiger partial charge on any atom is 0.321 e. The van der Waals surface area contributed by atoms with Crippen molar-refractivity contribution >= 4 is 35.0 Å². The third-order valence-electron chi connectivity index (χ3n) is 4.75. The van der Waals surface area contributed by atoms with Crippen molar-refractivity contribution < 1.29 is 4.74 Å². The predicted octanol–water partition coefficient (Wildman–Crippen LogP) is 3.52. The van der Waals surface area contributed by atoms with Crippen molar-refractivity contribution in [2.75, 3.05) is 16.8 Å². The Morgan fingerprint density at radius 3 is 2.93 bits per heavy atom. The van der Waals surface area contributed by atoms with Gasteiger partial charge in [-0.05, 0) is 18.2 Å². The molecular formula is C18H15Cl2N7O. The minimum atomic E-state index is 0.121. The quantitative estimate of drug-likeness (QED) is 0.638. The van der Waals surface area contributed by atoms with Crippen LogP contribution in [0.5, 0.6) is 11.8 Å². The minimum Gasteiger partial charge on any atom is -0.424 e. The molecule has 2 unspecified atom stereocenters. The molecule has 6 rings (SSSR count). The third-order valence-corrected chi connectivity index (χ3v) is 5.19. The summed E-state index contributed by atoms with van der Waals surface area (Å²) in [4.78, 5) is 14.8. The van der Waals surface area contributed by atoms with Gasteiger partial charge in [0, 0.05) is 36.3 Å². The van der Waals surface area contributed by atoms with Gasteiger partial charge in [-0.15, -0.1) is 5.10 Å². The van der Waals surface area contributed by atoms with Crippen LogP contribution in [0.25, 0.3) is 0 Å². The molecule has 2 aromatic heterocycles. The van der Waals surface area contributed by atoms with Gasteiger partial charge in [-0.3, -0.25) is 0 Å². The van der Waals surface area contributed by atoms with Crippen LogP contribution in [0.15, 0.2) is 48.4 Å². The van der Waals surface area contributed by atoms with Crippen molar-refractivity contribution in [2.24, 2.45) is 13.0 Å². The molecule has 4 heterocycles. The number of aryl methyl sites for hydroxylation is 1. The van der Waals surface area contributed by atoms with E-state index in [4.69, 9.17) is 27.9 Å². The first-order chi connectivity index (χ1) is 13.6. The SMILES string of the molecule is Cn1nc(NC2C3=CC2CN3c2cc(Cl)ncn2)nc1Oc1cccc(Cl)c1. The number of nitrogens with zero attached hydrogens (tertiary/aromatic N) is 6. The lowest BCUT2D eigenvalue weighted by atomic mass is 9.91. The molecule has 28 heavy (non-hydrogen) atoms. The van der Waals surface area contributed by atoms with E-state index in [2.05, 4.69) is 36.3 Å². The zero-order chi connectivity index (χ0) is 19.3. The van der Waals surface area contributed by atoms with Crippen molar-refractivity contribution in [1.82, 2.24) is 24.7 Å². The first-order valence-electron chi connectivity index (χ1n) is 8.64. The van der Waals surface area contributed by atoms with Crippen LogP contribution in [0.3, 0.4) is 0 Å². The predicted molar refractivity (Wildman–Crippen MR) is 106 cm³/mol. The number of aromatic nitrogens is 5. The van der Waals surface area contributed by atoms with Crippen molar-refractivity contribution in [3.05, 3.63) is 58.6 Å². The first-order valence-corrected chi connectivity index (χ1v) is 9.40. The fraction of sp³-hybridized carbons (Fsp3) is 0.222. The Bertz CT molecular complexity index is 1080. The number of nitrogens with one attached hydrogen (secondary N) is 1. The molecule has 0 radical (unpaired) electrons. The molecule has 2 bridgehead atoms. The number of hydrogen-bond acceptors (Lipinski definition) is 7. The summed E-state index contributed by atoms with van der Waals surface area (Å²) >= 11 is 12.0. The van der Waals surface area contributed by atoms with Gasteiger partial charge in [-0.1, -0.05) is 35.3 Å². The van der Waals surface area contributed by atoms with Gasteiger partial charge in [-0.25, -0.2) is 14.6 Å². The van der Waals surface area contributed by atoms with E-state index in [9.17, 15) is 0 Å². The summed E-state index contributed by atoms with van der Waals surface area (Å²) in [7, 11) is 1.78. The highest BCUT2D eigenvalue weighted by atomic mass is 35.5. The molecule has 1 aromatic carbocycles. The second-order valence-corrected chi connectivity index (χ2v) is 7.41. The molecule has 2 atom stereocenters. The normalized spacial score (nSPS) is 20.0. The smallest absolute Gasteiger partial charge is 0.321 e. The molecule has 1 fully saturated rings. The van der Waals surface area contributed by atoms with E-state index in [0.29, 0.717) is 33.8 Å². The Kier molecular flexibility index (Phi) is 4.10. The highest BCUT2D eigenvalue weighted by Crippen LogP contribution is 2.42. The molecule has 1 saturated heterocycles. The highest BCUT2D eigenvalue weighted by Gasteiger charge is 2.45. The molecule has 1 N–H and O–H groups in total. The zero-order valence-electron chi connectivity index (χ0n) is 14.8. The number of hydrogen-bond donors (Lipinski definition) is 1. The van der Waals surface area contributed by atoms with Crippen LogP contribution < -0.4 is 15.0 Å². The van der Waals surface area contributed by atoms with Crippen LogP contribution in [0.2, 0.25) is 10.2 Å². The molecule has 3 aromatic rings. The van der Waals surface area contributed by atoms with Crippen LogP contribution in [0.1, 0.15) is 0 Å². The van der Waals surface area contributed by atoms with Crippen molar-refractivity contribution in [2.45, 2.75) is 6.04 Å². The molecule has 2 aliphatic heterocycles. The van der Waals surface area contributed by atoms with Gasteiger partial charge in [0.05, 0.1) is 6.04 Å². The van der Waals surface area contributed by atoms with Crippen LogP contribution in [0, 0.1) is 5.92 Å². The summed E-state index contributed by atoms with van der Waals surface area (Å²) in [6, 6.07) is 9.41. The van der Waals surface area contributed by atoms with Gasteiger partial charge in [0.2, 0.25) is 5.95 Å². The standard InChI is InChI=1S/C18H15Cl2N7O/c1-26-18(28-12-4-2-3-11(19)6-12)24-17(25-26)23-16-10-5-13(16)27(8-10)15-7-14(20)21-9-22-15/h2-7,9-10,16H,8H2,1H3,(H,23,25). The van der Waals surface area contributed by atoms with Crippen LogP contribution >= 0.6 is 23.2 Å². The molecule has 0 amide bonds. The van der Waals surface area contributed by atoms with Gasteiger partial charge >= 0.3 is 6.01 Å².